The lowest BCUT2D eigenvalue weighted by atomic mass is 9.45. The number of benzene rings is 2. The molecule has 0 radical (unpaired) electrons. The first-order chi connectivity index (χ1) is 25.5. The molecule has 3 saturated carbocycles. The predicted octanol–water partition coefficient (Wildman–Crippen LogP) is 3.02. The molecule has 3 aliphatic carbocycles. The minimum Gasteiger partial charge on any atom is -0.772 e. The van der Waals surface area contributed by atoms with Gasteiger partial charge in [-0.2, -0.15) is 5.06 Å². The molecule has 0 spiro atoms. The monoisotopic (exact) mass is 770 g/mol. The van der Waals surface area contributed by atoms with Gasteiger partial charge in [0.2, 0.25) is 5.91 Å². The zero-order chi connectivity index (χ0) is 39.6. The van der Waals surface area contributed by atoms with Gasteiger partial charge in [-0.25, -0.2) is 0 Å². The van der Waals surface area contributed by atoms with Crippen molar-refractivity contribution in [2.24, 2.45) is 29.1 Å². The van der Waals surface area contributed by atoms with Crippen molar-refractivity contribution in [1.29, 1.82) is 0 Å². The molecule has 2 aromatic rings. The summed E-state index contributed by atoms with van der Waals surface area (Å²) >= 11 is -2.34. The van der Waals surface area contributed by atoms with Crippen molar-refractivity contribution in [1.82, 2.24) is 20.6 Å². The van der Waals surface area contributed by atoms with Crippen LogP contribution in [0.4, 0.5) is 5.69 Å². The van der Waals surface area contributed by atoms with E-state index >= 15 is 0 Å². The molecule has 1 aliphatic heterocycles. The maximum absolute atomic E-state index is 14.3. The van der Waals surface area contributed by atoms with E-state index in [1.165, 1.54) is 6.42 Å². The number of nitrogens with one attached hydrogen (secondary N) is 2. The summed E-state index contributed by atoms with van der Waals surface area (Å²) in [6, 6.07) is 9.68. The number of carbonyl (C=O) groups is 2. The molecule has 1 saturated heterocycles. The van der Waals surface area contributed by atoms with Crippen LogP contribution in [0.1, 0.15) is 63.4 Å². The Hall–Kier alpha value is -3.11. The Morgan fingerprint density at radius 3 is 2.46 bits per heavy atom. The molecule has 1 heterocycles. The van der Waals surface area contributed by atoms with Gasteiger partial charge in [-0.1, -0.05) is 50.1 Å². The van der Waals surface area contributed by atoms with Crippen molar-refractivity contribution in [2.75, 3.05) is 58.6 Å². The van der Waals surface area contributed by atoms with Crippen LogP contribution < -0.4 is 20.3 Å². The molecule has 2 amide bonds. The van der Waals surface area contributed by atoms with Crippen molar-refractivity contribution < 1.29 is 38.1 Å². The van der Waals surface area contributed by atoms with Crippen LogP contribution >= 0.6 is 0 Å². The van der Waals surface area contributed by atoms with Gasteiger partial charge in [-0.3, -0.25) is 18.6 Å². The predicted molar refractivity (Wildman–Crippen MR) is 209 cm³/mol. The van der Waals surface area contributed by atoms with Crippen LogP contribution in [0.15, 0.2) is 36.4 Å². The number of hydrogen-bond acceptors (Lipinski definition) is 11. The molecule has 14 heteroatoms. The minimum absolute atomic E-state index is 0.0113. The van der Waals surface area contributed by atoms with Gasteiger partial charge in [-0.05, 0) is 87.7 Å². The number of rotatable bonds is 16. The highest BCUT2D eigenvalue weighted by Crippen LogP contribution is 2.61. The van der Waals surface area contributed by atoms with Gasteiger partial charge in [0.1, 0.15) is 17.9 Å². The average molecular weight is 771 g/mol. The number of aliphatic hydroxyl groups is 2. The van der Waals surface area contributed by atoms with Crippen LogP contribution in [0, 0.1) is 29.1 Å². The first-order valence-electron chi connectivity index (χ1n) is 19.1. The Morgan fingerprint density at radius 1 is 1.17 bits per heavy atom. The molecule has 4 N–H and O–H groups in total. The summed E-state index contributed by atoms with van der Waals surface area (Å²) in [5.41, 5.74) is 3.50. The summed E-state index contributed by atoms with van der Waals surface area (Å²) in [6.45, 7) is 10.8. The maximum Gasteiger partial charge on any atom is 0.251 e. The van der Waals surface area contributed by atoms with Crippen molar-refractivity contribution in [3.05, 3.63) is 47.5 Å². The number of nitrogens with zero attached hydrogens (tertiary/aromatic N) is 3. The summed E-state index contributed by atoms with van der Waals surface area (Å²) in [6.07, 6.45) is 0.372. The first-order valence-corrected chi connectivity index (χ1v) is 20.3. The van der Waals surface area contributed by atoms with Gasteiger partial charge >= 0.3 is 0 Å². The smallest absolute Gasteiger partial charge is 0.251 e. The molecule has 10 atom stereocenters. The summed E-state index contributed by atoms with van der Waals surface area (Å²) in [5, 5.41) is 29.1. The molecule has 2 bridgehead atoms. The number of hydrogen-bond donors (Lipinski definition) is 4. The second-order valence-corrected chi connectivity index (χ2v) is 17.5. The lowest BCUT2D eigenvalue weighted by Crippen LogP contribution is -2.62. The third-order valence-electron chi connectivity index (χ3n) is 12.0. The number of hydroxylamine groups is 2. The van der Waals surface area contributed by atoms with Gasteiger partial charge in [-0.15, -0.1) is 0 Å². The number of aliphatic hydroxyl groups excluding tert-OH is 2. The second kappa shape index (κ2) is 17.4. The Kier molecular flexibility index (Phi) is 13.5. The number of carbonyl (C=O) groups excluding carboxylic acids is 2. The van der Waals surface area contributed by atoms with Gasteiger partial charge in [0.15, 0.2) is 0 Å². The highest BCUT2D eigenvalue weighted by molar-refractivity contribution is 7.79. The molecule has 13 nitrogen and oxygen atoms in total. The van der Waals surface area contributed by atoms with E-state index in [0.717, 1.165) is 12.1 Å². The summed E-state index contributed by atoms with van der Waals surface area (Å²) in [5.74, 6) is 0.409. The van der Waals surface area contributed by atoms with E-state index in [1.807, 2.05) is 69.2 Å². The normalized spacial score (nSPS) is 27.8. The zero-order valence-corrected chi connectivity index (χ0v) is 34.0. The standard InChI is InChI=1S/C40H61N5O8S/c1-10-52-37-25(12-11-13-31(37)26-14-27(16-30(15-26)44(8)9)38(48)41-29(20-43(6)7)22-54(50)51)19-45-36(35(24(3)47)34(21-46)53-45)39(49)42-33-18-28-17-32(23(33)2)40(28,4)5/h11-16,23-24,28-29,32-36,46-47H,10,17-22H2,1-9H3,(H,41,48)(H,42,49)(H,50,51)/p-1/t23-,24-,28+,29+,32-,33-,34-,35+,36-/m0/s1. The van der Waals surface area contributed by atoms with E-state index in [2.05, 4.69) is 31.4 Å². The van der Waals surface area contributed by atoms with Crippen molar-refractivity contribution in [3.8, 4) is 16.9 Å². The number of amides is 2. The van der Waals surface area contributed by atoms with Crippen LogP contribution in [0.25, 0.3) is 11.1 Å². The number of fused-ring (bicyclic) bond motifs is 2. The maximum atomic E-state index is 14.3. The van der Waals surface area contributed by atoms with Gasteiger partial charge in [0, 0.05) is 60.7 Å². The molecule has 54 heavy (non-hydrogen) atoms. The van der Waals surface area contributed by atoms with Crippen molar-refractivity contribution in [3.63, 3.8) is 0 Å². The van der Waals surface area contributed by atoms with Crippen LogP contribution in [0.5, 0.6) is 5.75 Å². The topological polar surface area (TPSA) is 167 Å². The largest absolute Gasteiger partial charge is 0.772 e. The molecular weight excluding hydrogens is 711 g/mol. The fourth-order valence-corrected chi connectivity index (χ4v) is 9.59. The third kappa shape index (κ3) is 8.96. The first kappa shape index (κ1) is 42.0. The second-order valence-electron chi connectivity index (χ2n) is 16.5. The quantitative estimate of drug-likeness (QED) is 0.186. The fraction of sp³-hybridized carbons (Fsp3) is 0.650. The van der Waals surface area contributed by atoms with Crippen LogP contribution in [0.3, 0.4) is 0 Å². The van der Waals surface area contributed by atoms with Gasteiger partial charge in [0.25, 0.3) is 5.91 Å². The van der Waals surface area contributed by atoms with E-state index in [-0.39, 0.29) is 36.3 Å². The molecule has 6 rings (SSSR count). The average Bonchev–Trinajstić information content (AvgIpc) is 3.47. The van der Waals surface area contributed by atoms with E-state index in [1.54, 1.807) is 24.1 Å². The molecular formula is C40H60N5O8S-. The Morgan fingerprint density at radius 2 is 1.89 bits per heavy atom. The van der Waals surface area contributed by atoms with E-state index < -0.39 is 47.2 Å². The van der Waals surface area contributed by atoms with Gasteiger partial charge in [0.05, 0.1) is 31.9 Å². The molecule has 300 valence electrons. The number of para-hydroxylation sites is 1. The molecule has 4 aliphatic rings. The van der Waals surface area contributed by atoms with E-state index in [9.17, 15) is 28.6 Å². The Labute approximate surface area is 323 Å². The Bertz CT molecular complexity index is 1670. The summed E-state index contributed by atoms with van der Waals surface area (Å²) < 4.78 is 29.5. The molecule has 1 unspecified atom stereocenters. The molecule has 0 aromatic heterocycles. The lowest BCUT2D eigenvalue weighted by Gasteiger charge is -2.62. The third-order valence-corrected chi connectivity index (χ3v) is 12.7. The fourth-order valence-electron chi connectivity index (χ4n) is 9.07. The molecule has 2 aromatic carbocycles. The number of ether oxygens (including phenoxy) is 1. The van der Waals surface area contributed by atoms with Crippen molar-refractivity contribution in [2.45, 2.75) is 84.3 Å². The van der Waals surface area contributed by atoms with Crippen LogP contribution in [-0.2, 0) is 27.3 Å². The Balaban J connectivity index is 1.47. The SMILES string of the molecule is CCOc1c(CN2O[C@@H](CO)[C@@H]([C@H](C)O)[C@H]2C(=O)N[C@H]2C[C@H]3C[C@@H]([C@@H]2C)C3(C)C)cccc1-c1cc(C(=O)N[C@H](CN(C)C)CS(=O)[O-])cc(N(C)C)c1. The highest BCUT2D eigenvalue weighted by Gasteiger charge is 2.57. The van der Waals surface area contributed by atoms with Gasteiger partial charge < -0.3 is 39.9 Å². The minimum atomic E-state index is -2.34. The summed E-state index contributed by atoms with van der Waals surface area (Å²) in [7, 11) is 7.38. The zero-order valence-electron chi connectivity index (χ0n) is 33.2. The lowest BCUT2D eigenvalue weighted by molar-refractivity contribution is -0.183. The van der Waals surface area contributed by atoms with E-state index in [0.29, 0.717) is 58.9 Å². The number of anilines is 1. The summed E-state index contributed by atoms with van der Waals surface area (Å²) in [4.78, 5) is 37.9. The van der Waals surface area contributed by atoms with Crippen LogP contribution in [-0.4, -0.2) is 125 Å². The van der Waals surface area contributed by atoms with E-state index in [4.69, 9.17) is 9.57 Å². The highest BCUT2D eigenvalue weighted by atomic mass is 32.2. The molecule has 4 fully saturated rings. The number of likely N-dealkylation sites (N-methyl/N-ethyl adjacent to an activating group) is 1. The van der Waals surface area contributed by atoms with Crippen molar-refractivity contribution >= 4 is 28.6 Å². The van der Waals surface area contributed by atoms with Crippen LogP contribution in [0.2, 0.25) is 0 Å².